The molecule has 0 aliphatic rings. The van der Waals surface area contributed by atoms with Gasteiger partial charge >= 0.3 is 6.18 Å². The highest BCUT2D eigenvalue weighted by molar-refractivity contribution is 5.95. The van der Waals surface area contributed by atoms with Crippen LogP contribution in [0.25, 0.3) is 0 Å². The number of amides is 1. The van der Waals surface area contributed by atoms with Crippen molar-refractivity contribution in [2.75, 3.05) is 0 Å². The second-order valence-corrected chi connectivity index (χ2v) is 4.80. The number of nitrogens with one attached hydrogen (secondary N) is 1. The Morgan fingerprint density at radius 1 is 1.29 bits per heavy atom. The topological polar surface area (TPSA) is 42.2 Å². The number of alkyl halides is 3. The van der Waals surface area contributed by atoms with Crippen LogP contribution in [0.4, 0.5) is 13.2 Å². The third-order valence-electron chi connectivity index (χ3n) is 1.85. The average molecular weight is 249 g/mol. The van der Waals surface area contributed by atoms with Crippen molar-refractivity contribution in [3.63, 3.8) is 0 Å². The zero-order chi connectivity index (χ0) is 13.4. The number of halogens is 3. The highest BCUT2D eigenvalue weighted by Crippen LogP contribution is 2.34. The predicted molar refractivity (Wildman–Crippen MR) is 55.7 cm³/mol. The summed E-state index contributed by atoms with van der Waals surface area (Å²) in [4.78, 5) is 11.7. The third-order valence-corrected chi connectivity index (χ3v) is 1.85. The molecule has 0 fully saturated rings. The Kier molecular flexibility index (Phi) is 3.27. The molecule has 1 aromatic heterocycles. The van der Waals surface area contributed by atoms with Gasteiger partial charge in [-0.15, -0.1) is 0 Å². The summed E-state index contributed by atoms with van der Waals surface area (Å²) >= 11 is 0. The molecule has 1 rings (SSSR count). The lowest BCUT2D eigenvalue weighted by molar-refractivity contribution is -0.153. The maximum absolute atomic E-state index is 12.6. The molecule has 0 bridgehead atoms. The second-order valence-electron chi connectivity index (χ2n) is 4.80. The van der Waals surface area contributed by atoms with E-state index in [1.807, 2.05) is 0 Å². The van der Waals surface area contributed by atoms with Crippen LogP contribution >= 0.6 is 0 Å². The maximum atomic E-state index is 12.6. The molecule has 0 aromatic carbocycles. The summed E-state index contributed by atoms with van der Waals surface area (Å²) in [7, 11) is 0. The first-order chi connectivity index (χ1) is 7.50. The standard InChI is InChI=1S/C11H14F3NO2/c1-6-5-7(8(17-6)11(12,13)14)9(16)15-10(2,3)4/h5H,1-4H3,(H,15,16). The Hall–Kier alpha value is -1.46. The van der Waals surface area contributed by atoms with Crippen LogP contribution in [-0.4, -0.2) is 11.4 Å². The molecule has 96 valence electrons. The molecule has 1 aromatic rings. The zero-order valence-electron chi connectivity index (χ0n) is 10.0. The van der Waals surface area contributed by atoms with Crippen LogP contribution in [0.5, 0.6) is 0 Å². The summed E-state index contributed by atoms with van der Waals surface area (Å²) in [5, 5.41) is 2.46. The van der Waals surface area contributed by atoms with Gasteiger partial charge in [-0.05, 0) is 33.8 Å². The molecule has 1 amide bonds. The minimum atomic E-state index is -4.67. The molecule has 0 saturated heterocycles. The highest BCUT2D eigenvalue weighted by atomic mass is 19.4. The second kappa shape index (κ2) is 4.09. The number of furan rings is 1. The molecule has 0 radical (unpaired) electrons. The smallest absolute Gasteiger partial charge is 0.450 e. The summed E-state index contributed by atoms with van der Waals surface area (Å²) in [5.74, 6) is -1.99. The Morgan fingerprint density at radius 3 is 2.24 bits per heavy atom. The van der Waals surface area contributed by atoms with Gasteiger partial charge in [0.15, 0.2) is 0 Å². The van der Waals surface area contributed by atoms with E-state index in [2.05, 4.69) is 9.73 Å². The molecular weight excluding hydrogens is 235 g/mol. The fraction of sp³-hybridized carbons (Fsp3) is 0.545. The van der Waals surface area contributed by atoms with E-state index in [0.29, 0.717) is 0 Å². The van der Waals surface area contributed by atoms with E-state index in [1.54, 1.807) is 20.8 Å². The van der Waals surface area contributed by atoms with Crippen LogP contribution in [-0.2, 0) is 6.18 Å². The van der Waals surface area contributed by atoms with Gasteiger partial charge in [0, 0.05) is 5.54 Å². The van der Waals surface area contributed by atoms with Crippen molar-refractivity contribution in [2.45, 2.75) is 39.4 Å². The number of carbonyl (C=O) groups excluding carboxylic acids is 1. The summed E-state index contributed by atoms with van der Waals surface area (Å²) in [5.41, 5.74) is -1.09. The van der Waals surface area contributed by atoms with Gasteiger partial charge < -0.3 is 9.73 Å². The third kappa shape index (κ3) is 3.51. The summed E-state index contributed by atoms with van der Waals surface area (Å²) in [6, 6.07) is 1.09. The van der Waals surface area contributed by atoms with Crippen LogP contribution in [0.3, 0.4) is 0 Å². The molecule has 0 aliphatic carbocycles. The minimum absolute atomic E-state index is 0.0522. The van der Waals surface area contributed by atoms with Crippen LogP contribution in [0.2, 0.25) is 0 Å². The molecule has 0 unspecified atom stereocenters. The maximum Gasteiger partial charge on any atom is 0.450 e. The fourth-order valence-corrected chi connectivity index (χ4v) is 1.30. The highest BCUT2D eigenvalue weighted by Gasteiger charge is 2.40. The monoisotopic (exact) mass is 249 g/mol. The van der Waals surface area contributed by atoms with E-state index in [0.717, 1.165) is 6.07 Å². The zero-order valence-corrected chi connectivity index (χ0v) is 10.0. The molecule has 0 aliphatic heterocycles. The van der Waals surface area contributed by atoms with Gasteiger partial charge in [-0.2, -0.15) is 13.2 Å². The van der Waals surface area contributed by atoms with Crippen molar-refractivity contribution in [2.24, 2.45) is 0 Å². The van der Waals surface area contributed by atoms with E-state index in [4.69, 9.17) is 0 Å². The van der Waals surface area contributed by atoms with Crippen molar-refractivity contribution < 1.29 is 22.4 Å². The van der Waals surface area contributed by atoms with Crippen molar-refractivity contribution in [3.8, 4) is 0 Å². The normalized spacial score (nSPS) is 12.6. The van der Waals surface area contributed by atoms with Crippen LogP contribution in [0.1, 0.15) is 42.6 Å². The minimum Gasteiger partial charge on any atom is -0.456 e. The van der Waals surface area contributed by atoms with E-state index < -0.39 is 28.9 Å². The van der Waals surface area contributed by atoms with Crippen molar-refractivity contribution >= 4 is 5.91 Å². The van der Waals surface area contributed by atoms with Crippen LogP contribution < -0.4 is 5.32 Å². The summed E-state index contributed by atoms with van der Waals surface area (Å²) < 4.78 is 42.3. The van der Waals surface area contributed by atoms with Gasteiger partial charge in [0.1, 0.15) is 5.76 Å². The van der Waals surface area contributed by atoms with Gasteiger partial charge in [0.05, 0.1) is 5.56 Å². The molecule has 3 nitrogen and oxygen atoms in total. The first-order valence-electron chi connectivity index (χ1n) is 5.01. The number of hydrogen-bond donors (Lipinski definition) is 1. The Balaban J connectivity index is 3.10. The summed E-state index contributed by atoms with van der Waals surface area (Å²) in [6.45, 7) is 6.42. The molecule has 0 saturated carbocycles. The molecule has 17 heavy (non-hydrogen) atoms. The largest absolute Gasteiger partial charge is 0.456 e. The van der Waals surface area contributed by atoms with Gasteiger partial charge in [-0.25, -0.2) is 0 Å². The van der Waals surface area contributed by atoms with Gasteiger partial charge in [0.2, 0.25) is 5.76 Å². The Labute approximate surface area is 97.0 Å². The SMILES string of the molecule is Cc1cc(C(=O)NC(C)(C)C)c(C(F)(F)F)o1. The van der Waals surface area contributed by atoms with Gasteiger partial charge in [-0.3, -0.25) is 4.79 Å². The molecule has 1 N–H and O–H groups in total. The number of carbonyl (C=O) groups is 1. The Morgan fingerprint density at radius 2 is 1.82 bits per heavy atom. The first kappa shape index (κ1) is 13.6. The van der Waals surface area contributed by atoms with E-state index in [1.165, 1.54) is 6.92 Å². The van der Waals surface area contributed by atoms with Crippen molar-refractivity contribution in [1.29, 1.82) is 0 Å². The predicted octanol–water partition coefficient (Wildman–Crippen LogP) is 3.14. The quantitative estimate of drug-likeness (QED) is 0.830. The van der Waals surface area contributed by atoms with Crippen LogP contribution in [0, 0.1) is 6.92 Å². The fourth-order valence-electron chi connectivity index (χ4n) is 1.30. The molecule has 0 atom stereocenters. The molecule has 1 heterocycles. The lowest BCUT2D eigenvalue weighted by Gasteiger charge is -2.20. The lowest BCUT2D eigenvalue weighted by atomic mass is 10.1. The van der Waals surface area contributed by atoms with Crippen molar-refractivity contribution in [1.82, 2.24) is 5.32 Å². The first-order valence-corrected chi connectivity index (χ1v) is 5.01. The molecule has 6 heteroatoms. The average Bonchev–Trinajstić information content (AvgIpc) is 2.43. The van der Waals surface area contributed by atoms with E-state index in [9.17, 15) is 18.0 Å². The number of aryl methyl sites for hydroxylation is 1. The van der Waals surface area contributed by atoms with Gasteiger partial charge in [-0.1, -0.05) is 0 Å². The van der Waals surface area contributed by atoms with Crippen LogP contribution in [0.15, 0.2) is 10.5 Å². The lowest BCUT2D eigenvalue weighted by Crippen LogP contribution is -2.41. The number of rotatable bonds is 1. The number of hydrogen-bond acceptors (Lipinski definition) is 2. The Bertz CT molecular complexity index is 427. The van der Waals surface area contributed by atoms with Crippen molar-refractivity contribution in [3.05, 3.63) is 23.2 Å². The summed E-state index contributed by atoms with van der Waals surface area (Å²) in [6.07, 6.45) is -4.67. The molecule has 0 spiro atoms. The van der Waals surface area contributed by atoms with Gasteiger partial charge in [0.25, 0.3) is 5.91 Å². The van der Waals surface area contributed by atoms with E-state index in [-0.39, 0.29) is 5.76 Å². The molecular formula is C11H14F3NO2. The van der Waals surface area contributed by atoms with E-state index >= 15 is 0 Å².